The standard InChI is InChI=1S/C19H18O.C8H7BrO/c1-19(11-14-7-2-3-8-15(14)12-19)17-10-13-6-4-5-9-16(13)18(17)20;9-6-8(10)7-4-2-1-3-5-7/h2-9,17H,10-12H2,1H3;1-5H,6H2. The van der Waals surface area contributed by atoms with Crippen LogP contribution in [0.3, 0.4) is 0 Å². The van der Waals surface area contributed by atoms with E-state index in [4.69, 9.17) is 0 Å². The van der Waals surface area contributed by atoms with E-state index < -0.39 is 0 Å². The molecule has 0 N–H and O–H groups in total. The highest BCUT2D eigenvalue weighted by Gasteiger charge is 2.46. The molecule has 5 rings (SSSR count). The Morgan fingerprint density at radius 3 is 1.97 bits per heavy atom. The molecule has 0 fully saturated rings. The van der Waals surface area contributed by atoms with Gasteiger partial charge in [-0.2, -0.15) is 0 Å². The minimum absolute atomic E-state index is 0.0831. The molecule has 0 bridgehead atoms. The second-order valence-corrected chi connectivity index (χ2v) is 9.04. The van der Waals surface area contributed by atoms with E-state index in [-0.39, 0.29) is 17.1 Å². The van der Waals surface area contributed by atoms with Crippen LogP contribution < -0.4 is 0 Å². The van der Waals surface area contributed by atoms with Gasteiger partial charge in [-0.05, 0) is 41.4 Å². The third-order valence-electron chi connectivity index (χ3n) is 6.39. The van der Waals surface area contributed by atoms with Crippen LogP contribution >= 0.6 is 15.9 Å². The van der Waals surface area contributed by atoms with Crippen molar-refractivity contribution in [2.24, 2.45) is 11.3 Å². The van der Waals surface area contributed by atoms with Crippen molar-refractivity contribution in [1.82, 2.24) is 0 Å². The van der Waals surface area contributed by atoms with Gasteiger partial charge < -0.3 is 0 Å². The SMILES string of the molecule is CC1(C2Cc3ccccc3C2=O)Cc2ccccc2C1.O=C(CBr)c1ccccc1. The van der Waals surface area contributed by atoms with Crippen molar-refractivity contribution in [2.45, 2.75) is 26.2 Å². The summed E-state index contributed by atoms with van der Waals surface area (Å²) in [5.41, 5.74) is 5.89. The van der Waals surface area contributed by atoms with Gasteiger partial charge in [0.05, 0.1) is 5.33 Å². The van der Waals surface area contributed by atoms with Crippen molar-refractivity contribution in [2.75, 3.05) is 5.33 Å². The van der Waals surface area contributed by atoms with Crippen LogP contribution in [0.25, 0.3) is 0 Å². The largest absolute Gasteiger partial charge is 0.294 e. The highest BCUT2D eigenvalue weighted by Crippen LogP contribution is 2.47. The molecule has 0 aliphatic heterocycles. The van der Waals surface area contributed by atoms with E-state index in [2.05, 4.69) is 53.2 Å². The van der Waals surface area contributed by atoms with Crippen molar-refractivity contribution < 1.29 is 9.59 Å². The van der Waals surface area contributed by atoms with Crippen molar-refractivity contribution in [3.8, 4) is 0 Å². The third-order valence-corrected chi connectivity index (χ3v) is 6.90. The van der Waals surface area contributed by atoms with Crippen molar-refractivity contribution in [3.63, 3.8) is 0 Å². The number of hydrogen-bond acceptors (Lipinski definition) is 2. The predicted molar refractivity (Wildman–Crippen MR) is 124 cm³/mol. The number of alkyl halides is 1. The van der Waals surface area contributed by atoms with Crippen LogP contribution in [0.5, 0.6) is 0 Å². The summed E-state index contributed by atoms with van der Waals surface area (Å²) in [6, 6.07) is 26.0. The predicted octanol–water partition coefficient (Wildman–Crippen LogP) is 6.11. The molecule has 0 heterocycles. The van der Waals surface area contributed by atoms with Gasteiger partial charge in [0.1, 0.15) is 0 Å². The van der Waals surface area contributed by atoms with E-state index in [0.29, 0.717) is 11.1 Å². The lowest BCUT2D eigenvalue weighted by atomic mass is 9.72. The Morgan fingerprint density at radius 2 is 1.40 bits per heavy atom. The quantitative estimate of drug-likeness (QED) is 0.348. The summed E-state index contributed by atoms with van der Waals surface area (Å²) in [6.45, 7) is 2.29. The van der Waals surface area contributed by atoms with Crippen LogP contribution in [0.15, 0.2) is 78.9 Å². The van der Waals surface area contributed by atoms with Crippen LogP contribution in [0, 0.1) is 11.3 Å². The van der Waals surface area contributed by atoms with Gasteiger partial charge in [-0.15, -0.1) is 0 Å². The maximum Gasteiger partial charge on any atom is 0.173 e. The summed E-state index contributed by atoms with van der Waals surface area (Å²) in [5, 5.41) is 0.400. The Bertz CT molecular complexity index is 1050. The van der Waals surface area contributed by atoms with Gasteiger partial charge in [0.15, 0.2) is 11.6 Å². The smallest absolute Gasteiger partial charge is 0.173 e. The zero-order valence-corrected chi connectivity index (χ0v) is 18.7. The molecule has 2 nitrogen and oxygen atoms in total. The van der Waals surface area contributed by atoms with Gasteiger partial charge in [-0.25, -0.2) is 0 Å². The molecule has 3 heteroatoms. The topological polar surface area (TPSA) is 34.1 Å². The summed E-state index contributed by atoms with van der Waals surface area (Å²) in [6.07, 6.45) is 2.99. The normalized spacial score (nSPS) is 18.2. The summed E-state index contributed by atoms with van der Waals surface area (Å²) in [5.74, 6) is 0.629. The molecule has 0 spiro atoms. The molecule has 152 valence electrons. The second kappa shape index (κ2) is 8.69. The maximum atomic E-state index is 12.7. The molecule has 2 aliphatic carbocycles. The maximum absolute atomic E-state index is 12.7. The van der Waals surface area contributed by atoms with E-state index in [0.717, 1.165) is 30.4 Å². The third kappa shape index (κ3) is 4.04. The molecule has 0 saturated carbocycles. The number of benzene rings is 3. The molecule has 1 unspecified atom stereocenters. The van der Waals surface area contributed by atoms with E-state index in [1.54, 1.807) is 0 Å². The fraction of sp³-hybridized carbons (Fsp3) is 0.259. The first-order valence-electron chi connectivity index (χ1n) is 10.3. The van der Waals surface area contributed by atoms with E-state index in [9.17, 15) is 9.59 Å². The lowest BCUT2D eigenvalue weighted by Gasteiger charge is -2.29. The van der Waals surface area contributed by atoms with Crippen LogP contribution in [0.2, 0.25) is 0 Å². The zero-order chi connectivity index (χ0) is 21.1. The van der Waals surface area contributed by atoms with E-state index >= 15 is 0 Å². The van der Waals surface area contributed by atoms with Crippen LogP contribution in [-0.4, -0.2) is 16.9 Å². The molecular formula is C27H25BrO2. The highest BCUT2D eigenvalue weighted by atomic mass is 79.9. The summed E-state index contributed by atoms with van der Waals surface area (Å²) < 4.78 is 0. The van der Waals surface area contributed by atoms with Crippen molar-refractivity contribution in [3.05, 3.63) is 107 Å². The lowest BCUT2D eigenvalue weighted by molar-refractivity contribution is 0.0811. The van der Waals surface area contributed by atoms with Crippen molar-refractivity contribution >= 4 is 27.5 Å². The Kier molecular flexibility index (Phi) is 6.01. The van der Waals surface area contributed by atoms with Crippen molar-refractivity contribution in [1.29, 1.82) is 0 Å². The van der Waals surface area contributed by atoms with Gasteiger partial charge in [-0.1, -0.05) is 102 Å². The molecule has 0 radical (unpaired) electrons. The first kappa shape index (κ1) is 20.7. The zero-order valence-electron chi connectivity index (χ0n) is 17.1. The monoisotopic (exact) mass is 460 g/mol. The average Bonchev–Trinajstić information content (AvgIpc) is 3.32. The number of ketones is 2. The number of rotatable bonds is 3. The van der Waals surface area contributed by atoms with Crippen LogP contribution in [0.1, 0.15) is 44.3 Å². The fourth-order valence-electron chi connectivity index (χ4n) is 4.78. The minimum atomic E-state index is 0.0831. The first-order chi connectivity index (χ1) is 14.5. The summed E-state index contributed by atoms with van der Waals surface area (Å²) >= 11 is 3.10. The molecule has 2 aliphatic rings. The summed E-state index contributed by atoms with van der Waals surface area (Å²) in [4.78, 5) is 23.7. The molecular weight excluding hydrogens is 436 g/mol. The molecule has 0 aromatic heterocycles. The van der Waals surface area contributed by atoms with Gasteiger partial charge in [0.25, 0.3) is 0 Å². The number of carbonyl (C=O) groups excluding carboxylic acids is 2. The molecule has 30 heavy (non-hydrogen) atoms. The number of halogens is 1. The van der Waals surface area contributed by atoms with Gasteiger partial charge in [-0.3, -0.25) is 9.59 Å². The Morgan fingerprint density at radius 1 is 0.867 bits per heavy atom. The van der Waals surface area contributed by atoms with Gasteiger partial charge >= 0.3 is 0 Å². The van der Waals surface area contributed by atoms with Gasteiger partial charge in [0.2, 0.25) is 0 Å². The molecule has 1 atom stereocenters. The number of Topliss-reactive ketones (excluding diaryl/α,β-unsaturated/α-hetero) is 2. The van der Waals surface area contributed by atoms with E-state index in [1.165, 1.54) is 16.7 Å². The molecule has 3 aromatic rings. The average molecular weight is 461 g/mol. The van der Waals surface area contributed by atoms with Gasteiger partial charge in [0, 0.05) is 17.0 Å². The van der Waals surface area contributed by atoms with Crippen LogP contribution in [-0.2, 0) is 19.3 Å². The van der Waals surface area contributed by atoms with E-state index in [1.807, 2.05) is 48.5 Å². The number of carbonyl (C=O) groups is 2. The first-order valence-corrected chi connectivity index (χ1v) is 11.5. The Hall–Kier alpha value is -2.52. The highest BCUT2D eigenvalue weighted by molar-refractivity contribution is 9.09. The molecule has 0 saturated heterocycles. The molecule has 3 aromatic carbocycles. The number of hydrogen-bond donors (Lipinski definition) is 0. The van der Waals surface area contributed by atoms with Crippen LogP contribution in [0.4, 0.5) is 0 Å². The lowest BCUT2D eigenvalue weighted by Crippen LogP contribution is -2.32. The Labute approximate surface area is 186 Å². The Balaban J connectivity index is 0.000000185. The second-order valence-electron chi connectivity index (χ2n) is 8.48. The minimum Gasteiger partial charge on any atom is -0.294 e. The summed E-state index contributed by atoms with van der Waals surface area (Å²) in [7, 11) is 0. The number of fused-ring (bicyclic) bond motifs is 2. The fourth-order valence-corrected chi connectivity index (χ4v) is 5.11. The molecule has 0 amide bonds.